The molecule has 1 saturated heterocycles. The van der Waals surface area contributed by atoms with Crippen LogP contribution in [0.25, 0.3) is 0 Å². The Morgan fingerprint density at radius 2 is 1.22 bits per heavy atom. The summed E-state index contributed by atoms with van der Waals surface area (Å²) in [6, 6.07) is 30.4. The lowest BCUT2D eigenvalue weighted by Gasteiger charge is -2.25. The third kappa shape index (κ3) is 6.76. The smallest absolute Gasteiger partial charge is 0.165 e. The molecule has 1 fully saturated rings. The van der Waals surface area contributed by atoms with Gasteiger partial charge >= 0.3 is 0 Å². The van der Waals surface area contributed by atoms with Gasteiger partial charge in [-0.15, -0.1) is 0 Å². The van der Waals surface area contributed by atoms with E-state index >= 15 is 0 Å². The lowest BCUT2D eigenvalue weighted by molar-refractivity contribution is -0.0918. The van der Waals surface area contributed by atoms with E-state index in [4.69, 9.17) is 18.9 Å². The summed E-state index contributed by atoms with van der Waals surface area (Å²) in [6.07, 6.45) is 0.179. The van der Waals surface area contributed by atoms with Crippen molar-refractivity contribution < 1.29 is 18.9 Å². The molecule has 1 aliphatic heterocycles. The van der Waals surface area contributed by atoms with E-state index in [0.717, 1.165) is 21.3 Å². The molecule has 0 radical (unpaired) electrons. The average molecular weight is 628 g/mol. The standard InChI is InChI=1S/C29H28Br2N2O4/c30-27-28(31)33(20-32-27)29-26(36-18-23-14-8-3-9-15-23)25(35-17-22-12-6-2-7-13-22)24(37-29)19-34-16-21-10-4-1-5-11-21/h1-15,20,24-26,29H,16-19H2/t24-,25-,26-,29-/m1/s1. The van der Waals surface area contributed by atoms with E-state index in [0.29, 0.717) is 31.0 Å². The summed E-state index contributed by atoms with van der Waals surface area (Å²) in [5.74, 6) is 0. The van der Waals surface area contributed by atoms with Crippen molar-refractivity contribution in [2.24, 2.45) is 0 Å². The van der Waals surface area contributed by atoms with Gasteiger partial charge in [0.2, 0.25) is 0 Å². The molecule has 3 aromatic carbocycles. The number of ether oxygens (including phenoxy) is 4. The van der Waals surface area contributed by atoms with Crippen LogP contribution in [0.4, 0.5) is 0 Å². The van der Waals surface area contributed by atoms with Crippen molar-refractivity contribution in [3.8, 4) is 0 Å². The Morgan fingerprint density at radius 1 is 0.703 bits per heavy atom. The highest BCUT2D eigenvalue weighted by atomic mass is 79.9. The summed E-state index contributed by atoms with van der Waals surface area (Å²) in [7, 11) is 0. The molecule has 0 amide bonds. The lowest BCUT2D eigenvalue weighted by Crippen LogP contribution is -2.38. The van der Waals surface area contributed by atoms with Crippen LogP contribution in [-0.4, -0.2) is 34.5 Å². The second kappa shape index (κ2) is 13.0. The Balaban J connectivity index is 1.38. The molecule has 8 heteroatoms. The number of aromatic nitrogens is 2. The zero-order valence-electron chi connectivity index (χ0n) is 20.2. The largest absolute Gasteiger partial charge is 0.374 e. The summed E-state index contributed by atoms with van der Waals surface area (Å²) in [5.41, 5.74) is 3.28. The molecular weight excluding hydrogens is 600 g/mol. The number of benzene rings is 3. The van der Waals surface area contributed by atoms with Crippen LogP contribution in [0.1, 0.15) is 22.9 Å². The second-order valence-corrected chi connectivity index (χ2v) is 10.3. The summed E-state index contributed by atoms with van der Waals surface area (Å²) < 4.78 is 29.1. The monoisotopic (exact) mass is 626 g/mol. The van der Waals surface area contributed by atoms with E-state index in [9.17, 15) is 0 Å². The molecule has 2 heterocycles. The molecule has 0 saturated carbocycles. The van der Waals surface area contributed by atoms with Crippen LogP contribution in [0.2, 0.25) is 0 Å². The molecule has 4 atom stereocenters. The fourth-order valence-electron chi connectivity index (χ4n) is 4.35. The number of hydrogen-bond donors (Lipinski definition) is 0. The Morgan fingerprint density at radius 3 is 1.73 bits per heavy atom. The first-order chi connectivity index (χ1) is 18.2. The average Bonchev–Trinajstić information content (AvgIpc) is 3.46. The van der Waals surface area contributed by atoms with Crippen LogP contribution < -0.4 is 0 Å². The van der Waals surface area contributed by atoms with E-state index in [1.165, 1.54) is 0 Å². The fourth-order valence-corrected chi connectivity index (χ4v) is 5.04. The molecule has 192 valence electrons. The molecule has 37 heavy (non-hydrogen) atoms. The summed E-state index contributed by atoms with van der Waals surface area (Å²) in [5, 5.41) is 0. The number of halogens is 2. The summed E-state index contributed by atoms with van der Waals surface area (Å²) in [6.45, 7) is 1.73. The van der Waals surface area contributed by atoms with Crippen LogP contribution in [-0.2, 0) is 38.8 Å². The first kappa shape index (κ1) is 26.3. The highest BCUT2D eigenvalue weighted by Crippen LogP contribution is 2.38. The van der Waals surface area contributed by atoms with Gasteiger partial charge in [-0.3, -0.25) is 4.57 Å². The molecule has 4 aromatic rings. The molecule has 0 unspecified atom stereocenters. The zero-order chi connectivity index (χ0) is 25.5. The van der Waals surface area contributed by atoms with Gasteiger partial charge in [0.25, 0.3) is 0 Å². The van der Waals surface area contributed by atoms with Gasteiger partial charge in [-0.2, -0.15) is 0 Å². The van der Waals surface area contributed by atoms with E-state index in [-0.39, 0.29) is 12.2 Å². The van der Waals surface area contributed by atoms with Crippen LogP contribution in [0, 0.1) is 0 Å². The highest BCUT2D eigenvalue weighted by molar-refractivity contribution is 9.13. The Bertz CT molecular complexity index is 1240. The van der Waals surface area contributed by atoms with Gasteiger partial charge in [0.05, 0.1) is 32.8 Å². The van der Waals surface area contributed by atoms with Crippen LogP contribution in [0.3, 0.4) is 0 Å². The predicted octanol–water partition coefficient (Wildman–Crippen LogP) is 6.69. The Kier molecular flexibility index (Phi) is 9.20. The maximum atomic E-state index is 6.58. The van der Waals surface area contributed by atoms with Crippen LogP contribution >= 0.6 is 31.9 Å². The van der Waals surface area contributed by atoms with Gasteiger partial charge in [-0.05, 0) is 48.6 Å². The third-order valence-corrected chi connectivity index (χ3v) is 8.11. The van der Waals surface area contributed by atoms with E-state index < -0.39 is 12.3 Å². The molecule has 6 nitrogen and oxygen atoms in total. The normalized spacial score (nSPS) is 21.4. The molecule has 0 N–H and O–H groups in total. The minimum atomic E-state index is -0.456. The van der Waals surface area contributed by atoms with Gasteiger partial charge in [0.1, 0.15) is 27.5 Å². The van der Waals surface area contributed by atoms with Gasteiger partial charge in [-0.25, -0.2) is 4.98 Å². The SMILES string of the molecule is Brc1ncn([C@@H]2O[C@H](COCc3ccccc3)[C@@H](OCc3ccccc3)[C@H]2OCc2ccccc2)c1Br. The zero-order valence-corrected chi connectivity index (χ0v) is 23.3. The predicted molar refractivity (Wildman–Crippen MR) is 148 cm³/mol. The van der Waals surface area contributed by atoms with Crippen molar-refractivity contribution in [2.45, 2.75) is 44.4 Å². The molecule has 1 aromatic heterocycles. The quantitative estimate of drug-likeness (QED) is 0.185. The van der Waals surface area contributed by atoms with E-state index in [1.807, 2.05) is 71.3 Å². The first-order valence-corrected chi connectivity index (χ1v) is 13.7. The molecule has 1 aliphatic rings. The topological polar surface area (TPSA) is 54.7 Å². The Labute approximate surface area is 233 Å². The minimum Gasteiger partial charge on any atom is -0.374 e. The number of rotatable bonds is 11. The number of imidazole rings is 1. The van der Waals surface area contributed by atoms with Crippen molar-refractivity contribution in [2.75, 3.05) is 6.61 Å². The van der Waals surface area contributed by atoms with Crippen LogP contribution in [0.5, 0.6) is 0 Å². The van der Waals surface area contributed by atoms with Crippen LogP contribution in [0.15, 0.2) is 107 Å². The van der Waals surface area contributed by atoms with Gasteiger partial charge in [-0.1, -0.05) is 91.0 Å². The summed E-state index contributed by atoms with van der Waals surface area (Å²) >= 11 is 7.12. The van der Waals surface area contributed by atoms with Gasteiger partial charge in [0, 0.05) is 0 Å². The van der Waals surface area contributed by atoms with Crippen molar-refractivity contribution >= 4 is 31.9 Å². The Hall–Kier alpha value is -2.33. The van der Waals surface area contributed by atoms with Gasteiger partial charge < -0.3 is 18.9 Å². The minimum absolute atomic E-state index is 0.341. The number of hydrogen-bond acceptors (Lipinski definition) is 5. The lowest BCUT2D eigenvalue weighted by atomic mass is 10.1. The molecular formula is C29H28Br2N2O4. The first-order valence-electron chi connectivity index (χ1n) is 12.1. The van der Waals surface area contributed by atoms with E-state index in [1.54, 1.807) is 6.33 Å². The molecule has 0 bridgehead atoms. The molecule has 0 aliphatic carbocycles. The second-order valence-electron chi connectivity index (χ2n) is 8.82. The fraction of sp³-hybridized carbons (Fsp3) is 0.276. The molecule has 0 spiro atoms. The van der Waals surface area contributed by atoms with Gasteiger partial charge in [0.15, 0.2) is 6.23 Å². The van der Waals surface area contributed by atoms with Crippen molar-refractivity contribution in [1.29, 1.82) is 0 Å². The molecule has 5 rings (SSSR count). The van der Waals surface area contributed by atoms with E-state index in [2.05, 4.69) is 61.1 Å². The highest BCUT2D eigenvalue weighted by Gasteiger charge is 2.48. The third-order valence-electron chi connectivity index (χ3n) is 6.22. The maximum absolute atomic E-state index is 6.58. The maximum Gasteiger partial charge on any atom is 0.165 e. The summed E-state index contributed by atoms with van der Waals surface area (Å²) in [4.78, 5) is 4.38. The number of nitrogens with zero attached hydrogens (tertiary/aromatic N) is 2. The van der Waals surface area contributed by atoms with Crippen molar-refractivity contribution in [3.63, 3.8) is 0 Å². The van der Waals surface area contributed by atoms with Crippen molar-refractivity contribution in [1.82, 2.24) is 9.55 Å². The van der Waals surface area contributed by atoms with Crippen molar-refractivity contribution in [3.05, 3.63) is 123 Å².